The average Bonchev–Trinajstić information content (AvgIpc) is 2.36. The molecule has 102 valence electrons. The summed E-state index contributed by atoms with van der Waals surface area (Å²) < 4.78 is 0. The number of hydrogen-bond acceptors (Lipinski definition) is 5. The quantitative estimate of drug-likeness (QED) is 0.592. The third kappa shape index (κ3) is 3.41. The van der Waals surface area contributed by atoms with Crippen LogP contribution >= 0.6 is 0 Å². The van der Waals surface area contributed by atoms with Gasteiger partial charge in [0.2, 0.25) is 0 Å². The van der Waals surface area contributed by atoms with Gasteiger partial charge in [-0.3, -0.25) is 19.7 Å². The third-order valence-corrected chi connectivity index (χ3v) is 2.45. The summed E-state index contributed by atoms with van der Waals surface area (Å²) in [5.41, 5.74) is 0.0465. The first-order valence-corrected chi connectivity index (χ1v) is 5.30. The van der Waals surface area contributed by atoms with Crippen molar-refractivity contribution < 1.29 is 19.6 Å². The molecule has 1 amide bonds. The highest BCUT2D eigenvalue weighted by Gasteiger charge is 2.20. The van der Waals surface area contributed by atoms with Crippen LogP contribution in [0.4, 0.5) is 11.4 Å². The van der Waals surface area contributed by atoms with Crippen molar-refractivity contribution >= 4 is 23.3 Å². The minimum Gasteiger partial charge on any atom is -0.480 e. The van der Waals surface area contributed by atoms with Gasteiger partial charge in [0.25, 0.3) is 11.6 Å². The van der Waals surface area contributed by atoms with Crippen LogP contribution in [0, 0.1) is 10.1 Å². The molecule has 0 aliphatic carbocycles. The molecule has 0 unspecified atom stereocenters. The Labute approximate surface area is 108 Å². The summed E-state index contributed by atoms with van der Waals surface area (Å²) in [4.78, 5) is 33.6. The first-order valence-electron chi connectivity index (χ1n) is 5.30. The molecule has 0 saturated heterocycles. The molecule has 19 heavy (non-hydrogen) atoms. The summed E-state index contributed by atoms with van der Waals surface area (Å²) in [7, 11) is 2.84. The zero-order valence-electron chi connectivity index (χ0n) is 10.4. The number of amides is 1. The van der Waals surface area contributed by atoms with Crippen LogP contribution in [0.5, 0.6) is 0 Å². The highest BCUT2D eigenvalue weighted by molar-refractivity contribution is 5.96. The molecule has 8 nitrogen and oxygen atoms in total. The maximum atomic E-state index is 11.5. The second-order valence-corrected chi connectivity index (χ2v) is 3.79. The molecule has 2 N–H and O–H groups in total. The van der Waals surface area contributed by atoms with Gasteiger partial charge in [-0.25, -0.2) is 0 Å². The number of carboxylic acids is 1. The number of nitrogens with zero attached hydrogens (tertiary/aromatic N) is 2. The van der Waals surface area contributed by atoms with Crippen molar-refractivity contribution in [2.45, 2.75) is 0 Å². The molecule has 0 heterocycles. The van der Waals surface area contributed by atoms with Crippen molar-refractivity contribution in [3.8, 4) is 0 Å². The largest absolute Gasteiger partial charge is 0.480 e. The van der Waals surface area contributed by atoms with Crippen LogP contribution in [-0.4, -0.2) is 42.5 Å². The molecule has 0 aliphatic rings. The molecule has 0 aromatic heterocycles. The van der Waals surface area contributed by atoms with Gasteiger partial charge in [0.05, 0.1) is 4.92 Å². The minimum absolute atomic E-state index is 0.0773. The SMILES string of the molecule is CNC(=O)c1ccc([N+](=O)[O-])c(N(C)CC(=O)O)c1. The van der Waals surface area contributed by atoms with Gasteiger partial charge < -0.3 is 15.3 Å². The molecule has 1 aromatic rings. The molecular formula is C11H13N3O5. The van der Waals surface area contributed by atoms with Gasteiger partial charge in [-0.15, -0.1) is 0 Å². The second kappa shape index (κ2) is 5.80. The van der Waals surface area contributed by atoms with Crippen LogP contribution in [-0.2, 0) is 4.79 Å². The van der Waals surface area contributed by atoms with Gasteiger partial charge in [-0.2, -0.15) is 0 Å². The van der Waals surface area contributed by atoms with Gasteiger partial charge in [0, 0.05) is 25.7 Å². The van der Waals surface area contributed by atoms with Gasteiger partial charge in [0.1, 0.15) is 12.2 Å². The van der Waals surface area contributed by atoms with E-state index in [1.54, 1.807) is 0 Å². The summed E-state index contributed by atoms with van der Waals surface area (Å²) in [6.45, 7) is -0.405. The van der Waals surface area contributed by atoms with Crippen LogP contribution in [0.2, 0.25) is 0 Å². The standard InChI is InChI=1S/C11H13N3O5/c1-12-11(17)7-3-4-8(14(18)19)9(5-7)13(2)6-10(15)16/h3-5H,6H2,1-2H3,(H,12,17)(H,15,16). The van der Waals surface area contributed by atoms with Crippen molar-refractivity contribution in [1.29, 1.82) is 0 Å². The molecule has 0 spiro atoms. The van der Waals surface area contributed by atoms with Crippen molar-refractivity contribution in [2.24, 2.45) is 0 Å². The Morgan fingerprint density at radius 3 is 2.58 bits per heavy atom. The molecule has 8 heteroatoms. The Balaban J connectivity index is 3.26. The monoisotopic (exact) mass is 267 g/mol. The topological polar surface area (TPSA) is 113 Å². The third-order valence-electron chi connectivity index (χ3n) is 2.45. The lowest BCUT2D eigenvalue weighted by molar-refractivity contribution is -0.384. The molecule has 0 fully saturated rings. The number of nitro benzene ring substituents is 1. The number of nitrogens with one attached hydrogen (secondary N) is 1. The summed E-state index contributed by atoms with van der Waals surface area (Å²) in [5.74, 6) is -1.53. The number of anilines is 1. The normalized spacial score (nSPS) is 9.79. The Kier molecular flexibility index (Phi) is 4.41. The number of nitro groups is 1. The number of rotatable bonds is 5. The van der Waals surface area contributed by atoms with E-state index in [2.05, 4.69) is 5.32 Å². The fourth-order valence-electron chi connectivity index (χ4n) is 1.56. The highest BCUT2D eigenvalue weighted by atomic mass is 16.6. The number of aliphatic carboxylic acids is 1. The van der Waals surface area contributed by atoms with Gasteiger partial charge in [-0.1, -0.05) is 0 Å². The van der Waals surface area contributed by atoms with E-state index in [9.17, 15) is 19.7 Å². The van der Waals surface area contributed by atoms with Crippen molar-refractivity contribution in [1.82, 2.24) is 5.32 Å². The predicted molar refractivity (Wildman–Crippen MR) is 67.4 cm³/mol. The van der Waals surface area contributed by atoms with E-state index in [-0.39, 0.29) is 16.9 Å². The fraction of sp³-hybridized carbons (Fsp3) is 0.273. The van der Waals surface area contributed by atoms with Crippen LogP contribution in [0.25, 0.3) is 0 Å². The van der Waals surface area contributed by atoms with E-state index in [4.69, 9.17) is 5.11 Å². The second-order valence-electron chi connectivity index (χ2n) is 3.79. The molecule has 0 atom stereocenters. The maximum absolute atomic E-state index is 11.5. The van der Waals surface area contributed by atoms with Gasteiger partial charge in [0.15, 0.2) is 0 Å². The number of carbonyl (C=O) groups is 2. The highest BCUT2D eigenvalue weighted by Crippen LogP contribution is 2.28. The zero-order valence-corrected chi connectivity index (χ0v) is 10.4. The van der Waals surface area contributed by atoms with E-state index in [0.29, 0.717) is 0 Å². The zero-order chi connectivity index (χ0) is 14.6. The molecule has 0 radical (unpaired) electrons. The predicted octanol–water partition coefficient (Wildman–Crippen LogP) is 0.475. The number of carboxylic acid groups (broad SMARTS) is 1. The smallest absolute Gasteiger partial charge is 0.323 e. The fourth-order valence-corrected chi connectivity index (χ4v) is 1.56. The Bertz CT molecular complexity index is 529. The average molecular weight is 267 g/mol. The summed E-state index contributed by atoms with van der Waals surface area (Å²) >= 11 is 0. The molecule has 0 aliphatic heterocycles. The number of hydrogen-bond donors (Lipinski definition) is 2. The van der Waals surface area contributed by atoms with Crippen LogP contribution in [0.1, 0.15) is 10.4 Å². The lowest BCUT2D eigenvalue weighted by Crippen LogP contribution is -2.26. The first-order chi connectivity index (χ1) is 8.86. The van der Waals surface area contributed by atoms with Crippen LogP contribution in [0.3, 0.4) is 0 Å². The number of likely N-dealkylation sites (N-methyl/N-ethyl adjacent to an activating group) is 1. The molecule has 1 rings (SSSR count). The van der Waals surface area contributed by atoms with E-state index in [1.807, 2.05) is 0 Å². The molecule has 0 bridgehead atoms. The van der Waals surface area contributed by atoms with Gasteiger partial charge >= 0.3 is 5.97 Å². The number of carbonyl (C=O) groups excluding carboxylic acids is 1. The van der Waals surface area contributed by atoms with E-state index in [0.717, 1.165) is 0 Å². The summed E-state index contributed by atoms with van der Waals surface area (Å²) in [6, 6.07) is 3.78. The summed E-state index contributed by atoms with van der Waals surface area (Å²) in [5, 5.41) is 22.0. The van der Waals surface area contributed by atoms with E-state index < -0.39 is 23.3 Å². The molecule has 0 saturated carbocycles. The van der Waals surface area contributed by atoms with Crippen LogP contribution < -0.4 is 10.2 Å². The Hall–Kier alpha value is -2.64. The Morgan fingerprint density at radius 2 is 2.11 bits per heavy atom. The van der Waals surface area contributed by atoms with Crippen molar-refractivity contribution in [3.63, 3.8) is 0 Å². The van der Waals surface area contributed by atoms with Crippen molar-refractivity contribution in [3.05, 3.63) is 33.9 Å². The van der Waals surface area contributed by atoms with E-state index >= 15 is 0 Å². The molecular weight excluding hydrogens is 254 g/mol. The minimum atomic E-state index is -1.12. The maximum Gasteiger partial charge on any atom is 0.323 e. The first kappa shape index (κ1) is 14.4. The van der Waals surface area contributed by atoms with Gasteiger partial charge in [-0.05, 0) is 12.1 Å². The van der Waals surface area contributed by atoms with Crippen molar-refractivity contribution in [2.75, 3.05) is 25.5 Å². The lowest BCUT2D eigenvalue weighted by atomic mass is 10.1. The molecule has 1 aromatic carbocycles. The summed E-state index contributed by atoms with van der Waals surface area (Å²) in [6.07, 6.45) is 0. The Morgan fingerprint density at radius 1 is 1.47 bits per heavy atom. The lowest BCUT2D eigenvalue weighted by Gasteiger charge is -2.17. The number of benzene rings is 1. The van der Waals surface area contributed by atoms with Crippen LogP contribution in [0.15, 0.2) is 18.2 Å². The van der Waals surface area contributed by atoms with E-state index in [1.165, 1.54) is 37.2 Å².